The number of aromatic nitrogens is 2. The van der Waals surface area contributed by atoms with Crippen molar-refractivity contribution in [1.82, 2.24) is 9.97 Å². The van der Waals surface area contributed by atoms with Crippen LogP contribution in [0.4, 0.5) is 0 Å². The summed E-state index contributed by atoms with van der Waals surface area (Å²) in [6, 6.07) is 0. The molecule has 5 nitrogen and oxygen atoms in total. The second-order valence-corrected chi connectivity index (χ2v) is 4.46. The van der Waals surface area contributed by atoms with Crippen molar-refractivity contribution in [2.24, 2.45) is 0 Å². The lowest BCUT2D eigenvalue weighted by Gasteiger charge is -2.04. The number of hydrogen-bond donors (Lipinski definition) is 0. The maximum atomic E-state index is 11.3. The molecule has 0 amide bonds. The molecule has 1 aromatic heterocycles. The first kappa shape index (κ1) is 10.9. The minimum Gasteiger partial charge on any atom is -0.379 e. The molecule has 0 aliphatic carbocycles. The fraction of sp³-hybridized carbons (Fsp3) is 0.500. The van der Waals surface area contributed by atoms with Gasteiger partial charge >= 0.3 is 10.1 Å². The van der Waals surface area contributed by atoms with E-state index in [9.17, 15) is 8.42 Å². The molecule has 1 rings (SSSR count). The van der Waals surface area contributed by atoms with Gasteiger partial charge in [0.2, 0.25) is 0 Å². The van der Waals surface area contributed by atoms with Crippen LogP contribution in [0.3, 0.4) is 0 Å². The summed E-state index contributed by atoms with van der Waals surface area (Å²) in [7, 11) is -3.48. The molecule has 0 N–H and O–H groups in total. The first-order chi connectivity index (χ1) is 6.64. The first-order valence-corrected chi connectivity index (χ1v) is 5.89. The van der Waals surface area contributed by atoms with Crippen molar-refractivity contribution in [2.75, 3.05) is 5.75 Å². The zero-order valence-electron chi connectivity index (χ0n) is 7.88. The van der Waals surface area contributed by atoms with Gasteiger partial charge in [-0.3, -0.25) is 0 Å². The van der Waals surface area contributed by atoms with Gasteiger partial charge in [-0.05, 0) is 6.42 Å². The van der Waals surface area contributed by atoms with Gasteiger partial charge in [0.1, 0.15) is 6.33 Å². The van der Waals surface area contributed by atoms with Crippen LogP contribution in [-0.2, 0) is 10.1 Å². The Bertz CT molecular complexity index is 363. The molecule has 0 unspecified atom stereocenters. The summed E-state index contributed by atoms with van der Waals surface area (Å²) in [6.45, 7) is 1.92. The third-order valence-electron chi connectivity index (χ3n) is 1.51. The topological polar surface area (TPSA) is 69.2 Å². The Morgan fingerprint density at radius 2 is 2.00 bits per heavy atom. The lowest BCUT2D eigenvalue weighted by atomic mass is 10.4. The van der Waals surface area contributed by atoms with Crippen LogP contribution in [0, 0.1) is 0 Å². The molecule has 1 aromatic rings. The van der Waals surface area contributed by atoms with Crippen LogP contribution >= 0.6 is 0 Å². The van der Waals surface area contributed by atoms with Gasteiger partial charge in [-0.25, -0.2) is 9.97 Å². The van der Waals surface area contributed by atoms with E-state index in [4.69, 9.17) is 4.18 Å². The van der Waals surface area contributed by atoms with Gasteiger partial charge in [0.05, 0.1) is 18.1 Å². The first-order valence-electron chi connectivity index (χ1n) is 4.31. The Morgan fingerprint density at radius 1 is 1.36 bits per heavy atom. The predicted octanol–water partition coefficient (Wildman–Crippen LogP) is 0.985. The van der Waals surface area contributed by atoms with Crippen molar-refractivity contribution in [3.05, 3.63) is 18.7 Å². The lowest BCUT2D eigenvalue weighted by Crippen LogP contribution is -2.13. The maximum Gasteiger partial charge on any atom is 0.309 e. The molecular formula is C8H12N2O3S. The van der Waals surface area contributed by atoms with Crippen LogP contribution in [-0.4, -0.2) is 24.1 Å². The van der Waals surface area contributed by atoms with E-state index in [-0.39, 0.29) is 11.5 Å². The summed E-state index contributed by atoms with van der Waals surface area (Å²) in [4.78, 5) is 7.30. The highest BCUT2D eigenvalue weighted by atomic mass is 32.2. The van der Waals surface area contributed by atoms with E-state index in [1.54, 1.807) is 0 Å². The number of rotatable bonds is 5. The third-order valence-corrected chi connectivity index (χ3v) is 2.74. The summed E-state index contributed by atoms with van der Waals surface area (Å²) in [5, 5.41) is 0. The highest BCUT2D eigenvalue weighted by Gasteiger charge is 2.11. The van der Waals surface area contributed by atoms with Crippen molar-refractivity contribution in [3.63, 3.8) is 0 Å². The van der Waals surface area contributed by atoms with E-state index >= 15 is 0 Å². The monoisotopic (exact) mass is 216 g/mol. The Hall–Kier alpha value is -1.17. The van der Waals surface area contributed by atoms with Crippen LogP contribution in [0.5, 0.6) is 5.75 Å². The molecule has 6 heteroatoms. The third kappa shape index (κ3) is 3.69. The highest BCUT2D eigenvalue weighted by Crippen LogP contribution is 2.09. The average molecular weight is 216 g/mol. The van der Waals surface area contributed by atoms with E-state index < -0.39 is 10.1 Å². The standard InChI is InChI=1S/C8H12N2O3S/c1-2-3-4-14(11,12)13-8-5-9-7-10-6-8/h5-7H,2-4H2,1H3. The SMILES string of the molecule is CCCCS(=O)(=O)Oc1cncnc1. The zero-order chi connectivity index (χ0) is 10.4. The van der Waals surface area contributed by atoms with Crippen LogP contribution in [0.15, 0.2) is 18.7 Å². The molecular weight excluding hydrogens is 204 g/mol. The second kappa shape index (κ2) is 4.90. The summed E-state index contributed by atoms with van der Waals surface area (Å²) in [5.41, 5.74) is 0. The molecule has 0 aliphatic rings. The molecule has 0 radical (unpaired) electrons. The van der Waals surface area contributed by atoms with E-state index in [2.05, 4.69) is 9.97 Å². The number of nitrogens with zero attached hydrogens (tertiary/aromatic N) is 2. The van der Waals surface area contributed by atoms with Crippen molar-refractivity contribution in [3.8, 4) is 5.75 Å². The molecule has 78 valence electrons. The molecule has 0 atom stereocenters. The van der Waals surface area contributed by atoms with Crippen LogP contribution in [0.2, 0.25) is 0 Å². The fourth-order valence-electron chi connectivity index (χ4n) is 0.838. The molecule has 0 aliphatic heterocycles. The van der Waals surface area contributed by atoms with E-state index in [0.29, 0.717) is 6.42 Å². The highest BCUT2D eigenvalue weighted by molar-refractivity contribution is 7.87. The molecule has 0 saturated carbocycles. The van der Waals surface area contributed by atoms with E-state index in [1.165, 1.54) is 18.7 Å². The van der Waals surface area contributed by atoms with E-state index in [0.717, 1.165) is 6.42 Å². The van der Waals surface area contributed by atoms with Gasteiger partial charge in [0.15, 0.2) is 5.75 Å². The predicted molar refractivity (Wildman–Crippen MR) is 51.4 cm³/mol. The van der Waals surface area contributed by atoms with Gasteiger partial charge in [-0.15, -0.1) is 0 Å². The summed E-state index contributed by atoms with van der Waals surface area (Å²) in [6.07, 6.45) is 5.35. The number of unbranched alkanes of at least 4 members (excludes halogenated alkanes) is 1. The fourth-order valence-corrected chi connectivity index (χ4v) is 1.94. The molecule has 0 aromatic carbocycles. The van der Waals surface area contributed by atoms with Crippen LogP contribution in [0.25, 0.3) is 0 Å². The molecule has 0 saturated heterocycles. The summed E-state index contributed by atoms with van der Waals surface area (Å²) in [5.74, 6) is 0.182. The second-order valence-electron chi connectivity index (χ2n) is 2.77. The van der Waals surface area contributed by atoms with Crippen LogP contribution < -0.4 is 4.18 Å². The smallest absolute Gasteiger partial charge is 0.309 e. The van der Waals surface area contributed by atoms with Gasteiger partial charge in [-0.2, -0.15) is 8.42 Å². The van der Waals surface area contributed by atoms with Gasteiger partial charge in [-0.1, -0.05) is 13.3 Å². The van der Waals surface area contributed by atoms with Crippen molar-refractivity contribution in [1.29, 1.82) is 0 Å². The Kier molecular flexibility index (Phi) is 3.82. The minimum absolute atomic E-state index is 0.0262. The molecule has 1 heterocycles. The maximum absolute atomic E-state index is 11.3. The minimum atomic E-state index is -3.48. The Morgan fingerprint density at radius 3 is 2.57 bits per heavy atom. The zero-order valence-corrected chi connectivity index (χ0v) is 8.70. The van der Waals surface area contributed by atoms with Crippen molar-refractivity contribution < 1.29 is 12.6 Å². The lowest BCUT2D eigenvalue weighted by molar-refractivity contribution is 0.481. The average Bonchev–Trinajstić information content (AvgIpc) is 2.16. The van der Waals surface area contributed by atoms with Crippen molar-refractivity contribution in [2.45, 2.75) is 19.8 Å². The van der Waals surface area contributed by atoms with Crippen molar-refractivity contribution >= 4 is 10.1 Å². The largest absolute Gasteiger partial charge is 0.379 e. The summed E-state index contributed by atoms with van der Waals surface area (Å²) < 4.78 is 27.3. The normalized spacial score (nSPS) is 11.2. The quantitative estimate of drug-likeness (QED) is 0.686. The summed E-state index contributed by atoms with van der Waals surface area (Å²) >= 11 is 0. The molecule has 0 bridgehead atoms. The number of hydrogen-bond acceptors (Lipinski definition) is 5. The van der Waals surface area contributed by atoms with Gasteiger partial charge < -0.3 is 4.18 Å². The van der Waals surface area contributed by atoms with Gasteiger partial charge in [0.25, 0.3) is 0 Å². The van der Waals surface area contributed by atoms with Gasteiger partial charge in [0, 0.05) is 0 Å². The Balaban J connectivity index is 2.60. The van der Waals surface area contributed by atoms with Crippen LogP contribution in [0.1, 0.15) is 19.8 Å². The molecule has 0 spiro atoms. The van der Waals surface area contributed by atoms with E-state index in [1.807, 2.05) is 6.92 Å². The molecule has 0 fully saturated rings. The molecule has 14 heavy (non-hydrogen) atoms. The Labute approximate surface area is 83.3 Å².